The van der Waals surface area contributed by atoms with E-state index in [0.29, 0.717) is 23.7 Å². The molecule has 1 aromatic carbocycles. The van der Waals surface area contributed by atoms with Crippen LogP contribution in [-0.2, 0) is 6.42 Å². The molecule has 2 aromatic heterocycles. The third-order valence-electron chi connectivity index (χ3n) is 6.47. The molecule has 31 heavy (non-hydrogen) atoms. The van der Waals surface area contributed by atoms with Crippen molar-refractivity contribution in [2.75, 3.05) is 11.4 Å². The van der Waals surface area contributed by atoms with Crippen LogP contribution in [0.2, 0.25) is 0 Å². The fourth-order valence-electron chi connectivity index (χ4n) is 5.12. The van der Waals surface area contributed by atoms with Gasteiger partial charge in [0.05, 0.1) is 5.69 Å². The Morgan fingerprint density at radius 3 is 2.65 bits per heavy atom. The summed E-state index contributed by atoms with van der Waals surface area (Å²) in [4.78, 5) is 6.69. The molecule has 0 unspecified atom stereocenters. The summed E-state index contributed by atoms with van der Waals surface area (Å²) in [6.45, 7) is 0.812. The molecule has 1 aliphatic heterocycles. The predicted octanol–water partition coefficient (Wildman–Crippen LogP) is 3.74. The van der Waals surface area contributed by atoms with E-state index in [2.05, 4.69) is 20.1 Å². The molecule has 2 fully saturated rings. The number of hydrogen-bond acceptors (Lipinski definition) is 5. The fraction of sp³-hybridized carbons (Fsp3) is 0.348. The van der Waals surface area contributed by atoms with E-state index in [9.17, 15) is 13.2 Å². The zero-order valence-electron chi connectivity index (χ0n) is 16.8. The van der Waals surface area contributed by atoms with Gasteiger partial charge in [-0.2, -0.15) is 0 Å². The lowest BCUT2D eigenvalue weighted by Gasteiger charge is -2.29. The molecule has 3 aromatic rings. The summed E-state index contributed by atoms with van der Waals surface area (Å²) in [5.41, 5.74) is 7.07. The lowest BCUT2D eigenvalue weighted by Crippen LogP contribution is -2.37. The minimum absolute atomic E-state index is 0.0855. The zero-order valence-corrected chi connectivity index (χ0v) is 16.8. The maximum absolute atomic E-state index is 14.1. The van der Waals surface area contributed by atoms with Crippen molar-refractivity contribution in [3.63, 3.8) is 0 Å². The summed E-state index contributed by atoms with van der Waals surface area (Å²) in [6, 6.07) is 11.0. The molecule has 4 atom stereocenters. The first-order valence-corrected chi connectivity index (χ1v) is 10.4. The van der Waals surface area contributed by atoms with Crippen LogP contribution in [0.15, 0.2) is 48.7 Å². The molecule has 3 heterocycles. The monoisotopic (exact) mass is 425 g/mol. The van der Waals surface area contributed by atoms with E-state index in [4.69, 9.17) is 5.73 Å². The van der Waals surface area contributed by atoms with Crippen molar-refractivity contribution in [1.82, 2.24) is 15.2 Å². The number of aromatic nitrogens is 3. The van der Waals surface area contributed by atoms with E-state index in [1.165, 1.54) is 0 Å². The fourth-order valence-corrected chi connectivity index (χ4v) is 5.12. The molecule has 0 amide bonds. The lowest BCUT2D eigenvalue weighted by atomic mass is 9.91. The smallest absolute Gasteiger partial charge is 0.168 e. The van der Waals surface area contributed by atoms with Gasteiger partial charge in [-0.1, -0.05) is 6.07 Å². The Kier molecular flexibility index (Phi) is 5.09. The highest BCUT2D eigenvalue weighted by Crippen LogP contribution is 2.44. The van der Waals surface area contributed by atoms with Crippen LogP contribution in [0.4, 0.5) is 19.0 Å². The lowest BCUT2D eigenvalue weighted by molar-refractivity contribution is 0.415. The Balaban J connectivity index is 1.44. The van der Waals surface area contributed by atoms with Gasteiger partial charge in [-0.15, -0.1) is 10.2 Å². The maximum Gasteiger partial charge on any atom is 0.168 e. The minimum Gasteiger partial charge on any atom is -0.351 e. The molecule has 5 rings (SSSR count). The van der Waals surface area contributed by atoms with Crippen molar-refractivity contribution in [1.29, 1.82) is 0 Å². The molecule has 1 aliphatic carbocycles. The summed E-state index contributed by atoms with van der Waals surface area (Å²) in [5.74, 6) is -1.68. The van der Waals surface area contributed by atoms with E-state index in [-0.39, 0.29) is 23.3 Å². The third kappa shape index (κ3) is 3.76. The van der Waals surface area contributed by atoms with Crippen LogP contribution in [0.5, 0.6) is 0 Å². The Bertz CT molecular complexity index is 1080. The van der Waals surface area contributed by atoms with Crippen molar-refractivity contribution >= 4 is 5.82 Å². The molecule has 160 valence electrons. The van der Waals surface area contributed by atoms with Crippen molar-refractivity contribution in [3.05, 3.63) is 71.8 Å². The first kappa shape index (κ1) is 19.9. The average Bonchev–Trinajstić information content (AvgIpc) is 3.28. The molecule has 1 saturated heterocycles. The van der Waals surface area contributed by atoms with E-state index in [1.54, 1.807) is 18.3 Å². The maximum atomic E-state index is 14.1. The van der Waals surface area contributed by atoms with Crippen LogP contribution < -0.4 is 10.6 Å². The number of fused-ring (bicyclic) bond motifs is 1. The van der Waals surface area contributed by atoms with Crippen LogP contribution in [0, 0.1) is 29.3 Å². The molecular formula is C23H22F3N5. The first-order chi connectivity index (χ1) is 15.0. The highest BCUT2D eigenvalue weighted by molar-refractivity contribution is 5.61. The number of nitrogens with two attached hydrogens (primary N) is 1. The first-order valence-electron chi connectivity index (χ1n) is 10.4. The topological polar surface area (TPSA) is 67.9 Å². The normalized spacial score (nSPS) is 25.1. The largest absolute Gasteiger partial charge is 0.351 e. The molecule has 8 heteroatoms. The van der Waals surface area contributed by atoms with Crippen LogP contribution in [0.1, 0.15) is 18.5 Å². The number of hydrogen-bond donors (Lipinski definition) is 1. The van der Waals surface area contributed by atoms with Crippen LogP contribution in [0.3, 0.4) is 0 Å². The van der Waals surface area contributed by atoms with Gasteiger partial charge < -0.3 is 10.6 Å². The number of pyridine rings is 1. The zero-order chi connectivity index (χ0) is 21.5. The molecule has 0 radical (unpaired) electrons. The summed E-state index contributed by atoms with van der Waals surface area (Å²) in [7, 11) is 0. The number of anilines is 1. The number of nitrogens with zero attached hydrogens (tertiary/aromatic N) is 4. The van der Waals surface area contributed by atoms with E-state index < -0.39 is 17.5 Å². The Morgan fingerprint density at radius 2 is 1.90 bits per heavy atom. The Labute approximate surface area is 178 Å². The summed E-state index contributed by atoms with van der Waals surface area (Å²) in [6.07, 6.45) is 4.48. The Hall–Kier alpha value is -3.00. The van der Waals surface area contributed by atoms with Gasteiger partial charge in [0.2, 0.25) is 0 Å². The van der Waals surface area contributed by atoms with Crippen molar-refractivity contribution < 1.29 is 13.2 Å². The SMILES string of the molecule is N[C@H]1C[C@@H]2CN(c3ccc(-c4cc(F)cc(F)c4F)nn3)[C@@H](Cc3ccccn3)[C@H]2C1. The van der Waals surface area contributed by atoms with Gasteiger partial charge in [0.15, 0.2) is 17.5 Å². The minimum atomic E-state index is -1.25. The molecule has 1 saturated carbocycles. The van der Waals surface area contributed by atoms with Gasteiger partial charge in [-0.3, -0.25) is 4.98 Å². The average molecular weight is 425 g/mol. The van der Waals surface area contributed by atoms with Gasteiger partial charge in [0.1, 0.15) is 5.82 Å². The molecule has 2 aliphatic rings. The highest BCUT2D eigenvalue weighted by atomic mass is 19.2. The second kappa shape index (κ2) is 7.92. The van der Waals surface area contributed by atoms with Gasteiger partial charge in [-0.05, 0) is 55.0 Å². The van der Waals surface area contributed by atoms with Gasteiger partial charge >= 0.3 is 0 Å². The van der Waals surface area contributed by atoms with Crippen LogP contribution in [-0.4, -0.2) is 33.8 Å². The third-order valence-corrected chi connectivity index (χ3v) is 6.47. The molecule has 0 spiro atoms. The number of halogens is 3. The van der Waals surface area contributed by atoms with Gasteiger partial charge in [0, 0.05) is 48.6 Å². The number of benzene rings is 1. The number of rotatable bonds is 4. The quantitative estimate of drug-likeness (QED) is 0.645. The van der Waals surface area contributed by atoms with Crippen molar-refractivity contribution in [2.45, 2.75) is 31.3 Å². The molecule has 5 nitrogen and oxygen atoms in total. The van der Waals surface area contributed by atoms with Crippen LogP contribution in [0.25, 0.3) is 11.3 Å². The van der Waals surface area contributed by atoms with E-state index in [1.807, 2.05) is 18.2 Å². The van der Waals surface area contributed by atoms with Gasteiger partial charge in [0.25, 0.3) is 0 Å². The second-order valence-corrected chi connectivity index (χ2v) is 8.43. The highest BCUT2D eigenvalue weighted by Gasteiger charge is 2.47. The molecular weight excluding hydrogens is 403 g/mol. The van der Waals surface area contributed by atoms with E-state index >= 15 is 0 Å². The summed E-state index contributed by atoms with van der Waals surface area (Å²) < 4.78 is 41.3. The van der Waals surface area contributed by atoms with Crippen molar-refractivity contribution in [3.8, 4) is 11.3 Å². The Morgan fingerprint density at radius 1 is 1.03 bits per heavy atom. The van der Waals surface area contributed by atoms with E-state index in [0.717, 1.165) is 37.6 Å². The summed E-state index contributed by atoms with van der Waals surface area (Å²) >= 11 is 0. The van der Waals surface area contributed by atoms with Crippen LogP contribution >= 0.6 is 0 Å². The predicted molar refractivity (Wildman–Crippen MR) is 111 cm³/mol. The van der Waals surface area contributed by atoms with Crippen molar-refractivity contribution in [2.24, 2.45) is 17.6 Å². The standard InChI is InChI=1S/C23H22F3N5/c24-14-8-18(23(26)19(25)9-14)20-4-5-22(30-29-20)31-12-13-7-15(27)10-17(13)21(31)11-16-3-1-2-6-28-16/h1-6,8-9,13,15,17,21H,7,10-12,27H2/t13-,15+,17+,21+/m1/s1. The summed E-state index contributed by atoms with van der Waals surface area (Å²) in [5, 5.41) is 8.37. The second-order valence-electron chi connectivity index (χ2n) is 8.43. The molecule has 2 N–H and O–H groups in total. The molecule has 0 bridgehead atoms. The van der Waals surface area contributed by atoms with Gasteiger partial charge in [-0.25, -0.2) is 13.2 Å².